The van der Waals surface area contributed by atoms with Gasteiger partial charge in [0.15, 0.2) is 12.1 Å². The van der Waals surface area contributed by atoms with E-state index in [-0.39, 0.29) is 30.0 Å². The van der Waals surface area contributed by atoms with Gasteiger partial charge in [0, 0.05) is 24.9 Å². The molecule has 2 aromatic carbocycles. The second kappa shape index (κ2) is 10.3. The topological polar surface area (TPSA) is 94.0 Å². The lowest BCUT2D eigenvalue weighted by atomic mass is 10.0. The van der Waals surface area contributed by atoms with E-state index in [2.05, 4.69) is 30.0 Å². The molecule has 2 unspecified atom stereocenters. The fourth-order valence-electron chi connectivity index (χ4n) is 5.82. The first-order valence-electron chi connectivity index (χ1n) is 13.3. The van der Waals surface area contributed by atoms with Crippen LogP contribution in [0.4, 0.5) is 5.82 Å². The maximum atomic E-state index is 12.5. The van der Waals surface area contributed by atoms with Crippen molar-refractivity contribution in [3.05, 3.63) is 48.0 Å². The molecule has 3 fully saturated rings. The molecule has 0 aliphatic carbocycles. The minimum absolute atomic E-state index is 0.138. The Labute approximate surface area is 216 Å². The van der Waals surface area contributed by atoms with Crippen LogP contribution in [0.5, 0.6) is 5.75 Å². The maximum Gasteiger partial charge on any atom is 0.306 e. The Morgan fingerprint density at radius 3 is 2.95 bits per heavy atom. The molecule has 1 N–H and O–H groups in total. The Morgan fingerprint density at radius 2 is 2.05 bits per heavy atom. The van der Waals surface area contributed by atoms with Crippen molar-refractivity contribution < 1.29 is 24.1 Å². The highest BCUT2D eigenvalue weighted by Gasteiger charge is 2.43. The van der Waals surface area contributed by atoms with E-state index < -0.39 is 0 Å². The first-order chi connectivity index (χ1) is 18.0. The Bertz CT molecular complexity index is 1300. The number of hydrogen-bond donors (Lipinski definition) is 1. The number of para-hydroxylation sites is 1. The predicted molar refractivity (Wildman–Crippen MR) is 139 cm³/mol. The second-order valence-electron chi connectivity index (χ2n) is 10.5. The molecule has 0 amide bonds. The summed E-state index contributed by atoms with van der Waals surface area (Å²) in [7, 11) is 0. The van der Waals surface area contributed by atoms with Crippen LogP contribution >= 0.6 is 0 Å². The molecule has 0 spiro atoms. The van der Waals surface area contributed by atoms with E-state index in [4.69, 9.17) is 24.2 Å². The van der Waals surface area contributed by atoms with Gasteiger partial charge in [-0.05, 0) is 68.4 Å². The summed E-state index contributed by atoms with van der Waals surface area (Å²) in [5.41, 5.74) is 2.64. The standard InChI is InChI=1S/C29H33N3O5/c1-18-9-10-20-23(15-18)30-27(21-6-2-3-7-24(21)33)31-28(20)32-13-11-19(16-32)5-4-8-26(34)37-25-17-36-29-22(25)12-14-35-29/h2-3,6-7,9-10,15,19,22,25,29,33H,4-5,8,11-14,16-17H2,1H3/t19-,22?,25-,29?/m1/s1. The molecule has 3 aliphatic rings. The van der Waals surface area contributed by atoms with Gasteiger partial charge in [-0.1, -0.05) is 18.2 Å². The predicted octanol–water partition coefficient (Wildman–Crippen LogP) is 4.61. The largest absolute Gasteiger partial charge is 0.507 e. The Balaban J connectivity index is 1.10. The van der Waals surface area contributed by atoms with E-state index in [0.717, 1.165) is 61.1 Å². The number of hydrogen-bond acceptors (Lipinski definition) is 8. The number of phenolic OH excluding ortho intramolecular Hbond substituents is 1. The van der Waals surface area contributed by atoms with Gasteiger partial charge in [-0.15, -0.1) is 0 Å². The van der Waals surface area contributed by atoms with Gasteiger partial charge in [-0.25, -0.2) is 9.97 Å². The summed E-state index contributed by atoms with van der Waals surface area (Å²) >= 11 is 0. The summed E-state index contributed by atoms with van der Waals surface area (Å²) in [4.78, 5) is 24.5. The SMILES string of the molecule is Cc1ccc2c(N3CC[C@@H](CCCC(=O)O[C@@H]4COC5OCCC54)C3)nc(-c3ccccc3O)nc2c1. The Kier molecular flexibility index (Phi) is 6.69. The number of phenols is 1. The second-order valence-corrected chi connectivity index (χ2v) is 10.5. The van der Waals surface area contributed by atoms with Crippen LogP contribution in [0.15, 0.2) is 42.5 Å². The molecule has 194 valence electrons. The van der Waals surface area contributed by atoms with Crippen LogP contribution < -0.4 is 4.90 Å². The first-order valence-corrected chi connectivity index (χ1v) is 13.3. The molecule has 4 heterocycles. The van der Waals surface area contributed by atoms with E-state index in [0.29, 0.717) is 36.9 Å². The average Bonchev–Trinajstić information content (AvgIpc) is 3.63. The summed E-state index contributed by atoms with van der Waals surface area (Å²) < 4.78 is 16.8. The molecule has 3 aromatic rings. The van der Waals surface area contributed by atoms with Crippen molar-refractivity contribution >= 4 is 22.7 Å². The molecule has 0 bridgehead atoms. The summed E-state index contributed by atoms with van der Waals surface area (Å²) in [6.45, 7) is 4.95. The smallest absolute Gasteiger partial charge is 0.306 e. The molecule has 1 aromatic heterocycles. The molecule has 3 aliphatic heterocycles. The third-order valence-corrected chi connectivity index (χ3v) is 7.82. The minimum Gasteiger partial charge on any atom is -0.507 e. The van der Waals surface area contributed by atoms with Crippen molar-refractivity contribution in [2.75, 3.05) is 31.2 Å². The molecule has 0 radical (unpaired) electrons. The number of benzene rings is 2. The number of aromatic hydroxyl groups is 1. The van der Waals surface area contributed by atoms with E-state index in [1.807, 2.05) is 12.1 Å². The number of aryl methyl sites for hydroxylation is 1. The average molecular weight is 504 g/mol. The van der Waals surface area contributed by atoms with E-state index in [9.17, 15) is 9.90 Å². The highest BCUT2D eigenvalue weighted by atomic mass is 16.7. The summed E-state index contributed by atoms with van der Waals surface area (Å²) in [5, 5.41) is 11.4. The molecular weight excluding hydrogens is 470 g/mol. The van der Waals surface area contributed by atoms with Crippen LogP contribution in [0.25, 0.3) is 22.3 Å². The fraction of sp³-hybridized carbons (Fsp3) is 0.483. The third-order valence-electron chi connectivity index (χ3n) is 7.82. The van der Waals surface area contributed by atoms with Crippen molar-refractivity contribution in [3.63, 3.8) is 0 Å². The Morgan fingerprint density at radius 1 is 1.16 bits per heavy atom. The van der Waals surface area contributed by atoms with Gasteiger partial charge >= 0.3 is 5.97 Å². The third kappa shape index (κ3) is 5.00. The number of anilines is 1. The van der Waals surface area contributed by atoms with E-state index in [1.54, 1.807) is 12.1 Å². The highest BCUT2D eigenvalue weighted by Crippen LogP contribution is 2.35. The normalized spacial score (nSPS) is 25.1. The molecule has 0 saturated carbocycles. The zero-order valence-electron chi connectivity index (χ0n) is 21.1. The number of ether oxygens (including phenoxy) is 3. The van der Waals surface area contributed by atoms with Crippen molar-refractivity contribution in [1.29, 1.82) is 0 Å². The number of carbonyl (C=O) groups excluding carboxylic acids is 1. The molecule has 8 heteroatoms. The lowest BCUT2D eigenvalue weighted by molar-refractivity contribution is -0.150. The monoisotopic (exact) mass is 503 g/mol. The summed E-state index contributed by atoms with van der Waals surface area (Å²) in [5.74, 6) is 2.14. The highest BCUT2D eigenvalue weighted by molar-refractivity contribution is 5.92. The van der Waals surface area contributed by atoms with Crippen LogP contribution in [0.3, 0.4) is 0 Å². The molecule has 37 heavy (non-hydrogen) atoms. The number of fused-ring (bicyclic) bond motifs is 2. The van der Waals surface area contributed by atoms with Crippen molar-refractivity contribution in [2.24, 2.45) is 11.8 Å². The number of esters is 1. The Hall–Kier alpha value is -3.23. The van der Waals surface area contributed by atoms with E-state index >= 15 is 0 Å². The van der Waals surface area contributed by atoms with Gasteiger partial charge in [0.1, 0.15) is 17.7 Å². The lowest BCUT2D eigenvalue weighted by Gasteiger charge is -2.21. The van der Waals surface area contributed by atoms with Gasteiger partial charge < -0.3 is 24.2 Å². The fourth-order valence-corrected chi connectivity index (χ4v) is 5.82. The van der Waals surface area contributed by atoms with E-state index in [1.165, 1.54) is 0 Å². The number of carbonyl (C=O) groups is 1. The number of rotatable bonds is 7. The van der Waals surface area contributed by atoms with Crippen molar-refractivity contribution in [1.82, 2.24) is 9.97 Å². The lowest BCUT2D eigenvalue weighted by Crippen LogP contribution is -2.26. The van der Waals surface area contributed by atoms with Gasteiger partial charge in [0.2, 0.25) is 0 Å². The number of nitrogens with zero attached hydrogens (tertiary/aromatic N) is 3. The van der Waals surface area contributed by atoms with Gasteiger partial charge in [-0.3, -0.25) is 4.79 Å². The zero-order valence-corrected chi connectivity index (χ0v) is 21.1. The zero-order chi connectivity index (χ0) is 25.4. The van der Waals surface area contributed by atoms with Crippen LogP contribution in [-0.4, -0.2) is 59.7 Å². The molecule has 8 nitrogen and oxygen atoms in total. The van der Waals surface area contributed by atoms with Gasteiger partial charge in [-0.2, -0.15) is 0 Å². The van der Waals surface area contributed by atoms with Crippen LogP contribution in [0.2, 0.25) is 0 Å². The summed E-state index contributed by atoms with van der Waals surface area (Å²) in [6, 6.07) is 13.4. The van der Waals surface area contributed by atoms with Crippen LogP contribution in [0, 0.1) is 18.8 Å². The maximum absolute atomic E-state index is 12.5. The molecular formula is C29H33N3O5. The quantitative estimate of drug-likeness (QED) is 0.467. The van der Waals surface area contributed by atoms with Crippen LogP contribution in [0.1, 0.15) is 37.7 Å². The van der Waals surface area contributed by atoms with Gasteiger partial charge in [0.05, 0.1) is 30.2 Å². The summed E-state index contributed by atoms with van der Waals surface area (Å²) in [6.07, 6.45) is 3.78. The molecule has 3 saturated heterocycles. The van der Waals surface area contributed by atoms with Crippen molar-refractivity contribution in [3.8, 4) is 17.1 Å². The van der Waals surface area contributed by atoms with Crippen LogP contribution in [-0.2, 0) is 19.0 Å². The first kappa shape index (κ1) is 24.1. The number of aromatic nitrogens is 2. The molecule has 6 rings (SSSR count). The van der Waals surface area contributed by atoms with Gasteiger partial charge in [0.25, 0.3) is 0 Å². The minimum atomic E-state index is -0.199. The van der Waals surface area contributed by atoms with Crippen molar-refractivity contribution in [2.45, 2.75) is 51.4 Å². The molecule has 4 atom stereocenters.